The number of benzene rings is 1. The van der Waals surface area contributed by atoms with Crippen LogP contribution < -0.4 is 0 Å². The molecule has 8 heteroatoms. The van der Waals surface area contributed by atoms with Crippen LogP contribution in [0, 0.1) is 5.82 Å². The molecule has 2 saturated heterocycles. The fraction of sp³-hybridized carbons (Fsp3) is 0.286. The Morgan fingerprint density at radius 2 is 2.03 bits per heavy atom. The molecule has 0 radical (unpaired) electrons. The minimum absolute atomic E-state index is 0.00533. The number of ether oxygens (including phenoxy) is 1. The third-order valence-electron chi connectivity index (χ3n) is 5.57. The summed E-state index contributed by atoms with van der Waals surface area (Å²) < 4.78 is 25.8. The van der Waals surface area contributed by atoms with E-state index in [1.54, 1.807) is 40.3 Å². The van der Waals surface area contributed by atoms with E-state index >= 15 is 4.39 Å². The molecule has 0 spiro atoms. The summed E-state index contributed by atoms with van der Waals surface area (Å²) in [6.07, 6.45) is 4.13. The minimum atomic E-state index is -0.576. The summed E-state index contributed by atoms with van der Waals surface area (Å²) in [5, 5.41) is 0.311. The van der Waals surface area contributed by atoms with E-state index in [0.29, 0.717) is 42.7 Å². The predicted octanol–water partition coefficient (Wildman–Crippen LogP) is 2.33. The average molecular weight is 395 g/mol. The minimum Gasteiger partial charge on any atom is -0.472 e. The van der Waals surface area contributed by atoms with Gasteiger partial charge in [0.2, 0.25) is 0 Å². The molecule has 2 aliphatic heterocycles. The molecule has 0 unspecified atom stereocenters. The van der Waals surface area contributed by atoms with Gasteiger partial charge in [-0.1, -0.05) is 0 Å². The Balaban J connectivity index is 1.42. The van der Waals surface area contributed by atoms with Gasteiger partial charge in [0.1, 0.15) is 12.1 Å². The fourth-order valence-corrected chi connectivity index (χ4v) is 4.11. The molecule has 29 heavy (non-hydrogen) atoms. The first kappa shape index (κ1) is 17.8. The zero-order chi connectivity index (χ0) is 20.0. The van der Waals surface area contributed by atoms with Crippen molar-refractivity contribution in [2.75, 3.05) is 26.2 Å². The van der Waals surface area contributed by atoms with Crippen LogP contribution in [0.2, 0.25) is 0 Å². The second-order valence-corrected chi connectivity index (χ2v) is 7.19. The van der Waals surface area contributed by atoms with Crippen LogP contribution in [-0.2, 0) is 4.74 Å². The van der Waals surface area contributed by atoms with Crippen molar-refractivity contribution in [3.63, 3.8) is 0 Å². The Morgan fingerprint density at radius 3 is 2.86 bits per heavy atom. The molecule has 148 valence electrons. The fourth-order valence-electron chi connectivity index (χ4n) is 4.11. The molecule has 4 heterocycles. The number of rotatable bonds is 2. The van der Waals surface area contributed by atoms with Crippen molar-refractivity contribution in [2.24, 2.45) is 0 Å². The molecule has 2 fully saturated rings. The van der Waals surface area contributed by atoms with E-state index in [1.807, 2.05) is 0 Å². The number of carbonyl (C=O) groups is 2. The van der Waals surface area contributed by atoms with Crippen LogP contribution in [0.25, 0.3) is 10.9 Å². The SMILES string of the molecule is O=C(c1ccoc1)N1C[C@H]2OCCN(C(=O)c3ccc4ncccc4c3F)[C@H]2C1. The summed E-state index contributed by atoms with van der Waals surface area (Å²) in [7, 11) is 0. The van der Waals surface area contributed by atoms with Crippen LogP contribution in [0.1, 0.15) is 20.7 Å². The number of aromatic nitrogens is 1. The molecule has 0 N–H and O–H groups in total. The number of morpholine rings is 1. The van der Waals surface area contributed by atoms with E-state index in [0.717, 1.165) is 0 Å². The van der Waals surface area contributed by atoms with Crippen molar-refractivity contribution < 1.29 is 23.1 Å². The lowest BCUT2D eigenvalue weighted by Gasteiger charge is -2.36. The summed E-state index contributed by atoms with van der Waals surface area (Å²) in [6.45, 7) is 1.40. The van der Waals surface area contributed by atoms with Gasteiger partial charge >= 0.3 is 0 Å². The Morgan fingerprint density at radius 1 is 1.14 bits per heavy atom. The van der Waals surface area contributed by atoms with Crippen LogP contribution in [-0.4, -0.2) is 65.0 Å². The van der Waals surface area contributed by atoms with E-state index in [-0.39, 0.29) is 23.6 Å². The smallest absolute Gasteiger partial charge is 0.257 e. The maximum atomic E-state index is 15.0. The second kappa shape index (κ2) is 6.97. The lowest BCUT2D eigenvalue weighted by Crippen LogP contribution is -2.53. The highest BCUT2D eigenvalue weighted by atomic mass is 19.1. The van der Waals surface area contributed by atoms with Crippen LogP contribution in [0.15, 0.2) is 53.5 Å². The van der Waals surface area contributed by atoms with Crippen LogP contribution in [0.3, 0.4) is 0 Å². The van der Waals surface area contributed by atoms with Gasteiger partial charge < -0.3 is 19.0 Å². The summed E-state index contributed by atoms with van der Waals surface area (Å²) in [4.78, 5) is 33.2. The average Bonchev–Trinajstić information content (AvgIpc) is 3.43. The molecule has 7 nitrogen and oxygen atoms in total. The third kappa shape index (κ3) is 2.96. The number of fused-ring (bicyclic) bond motifs is 2. The van der Waals surface area contributed by atoms with Gasteiger partial charge in [0, 0.05) is 31.2 Å². The zero-order valence-electron chi connectivity index (χ0n) is 15.5. The molecule has 2 amide bonds. The number of halogens is 1. The van der Waals surface area contributed by atoms with E-state index < -0.39 is 11.7 Å². The number of carbonyl (C=O) groups excluding carboxylic acids is 2. The second-order valence-electron chi connectivity index (χ2n) is 7.19. The molecular weight excluding hydrogens is 377 g/mol. The van der Waals surface area contributed by atoms with Gasteiger partial charge in [-0.2, -0.15) is 0 Å². The summed E-state index contributed by atoms with van der Waals surface area (Å²) >= 11 is 0. The van der Waals surface area contributed by atoms with Crippen molar-refractivity contribution in [2.45, 2.75) is 12.1 Å². The number of nitrogens with zero attached hydrogens (tertiary/aromatic N) is 3. The quantitative estimate of drug-likeness (QED) is 0.666. The first-order chi connectivity index (χ1) is 14.1. The summed E-state index contributed by atoms with van der Waals surface area (Å²) in [5.74, 6) is -1.15. The maximum Gasteiger partial charge on any atom is 0.257 e. The highest BCUT2D eigenvalue weighted by molar-refractivity contribution is 5.99. The van der Waals surface area contributed by atoms with Crippen molar-refractivity contribution in [3.05, 3.63) is 66.0 Å². The monoisotopic (exact) mass is 395 g/mol. The van der Waals surface area contributed by atoms with Gasteiger partial charge in [0.15, 0.2) is 0 Å². The van der Waals surface area contributed by atoms with Crippen LogP contribution in [0.5, 0.6) is 0 Å². The molecule has 2 aliphatic rings. The Kier molecular flexibility index (Phi) is 4.28. The Labute approximate surface area is 165 Å². The summed E-state index contributed by atoms with van der Waals surface area (Å²) in [5.41, 5.74) is 0.958. The molecule has 5 rings (SSSR count). The van der Waals surface area contributed by atoms with Crippen LogP contribution in [0.4, 0.5) is 4.39 Å². The van der Waals surface area contributed by atoms with Gasteiger partial charge in [-0.3, -0.25) is 14.6 Å². The highest BCUT2D eigenvalue weighted by Gasteiger charge is 2.44. The lowest BCUT2D eigenvalue weighted by atomic mass is 10.1. The normalized spacial score (nSPS) is 21.4. The Hall–Kier alpha value is -3.26. The van der Waals surface area contributed by atoms with Crippen molar-refractivity contribution in [1.82, 2.24) is 14.8 Å². The molecular formula is C21H18FN3O4. The van der Waals surface area contributed by atoms with Crippen molar-refractivity contribution >= 4 is 22.7 Å². The van der Waals surface area contributed by atoms with E-state index in [2.05, 4.69) is 4.98 Å². The van der Waals surface area contributed by atoms with Crippen molar-refractivity contribution in [1.29, 1.82) is 0 Å². The lowest BCUT2D eigenvalue weighted by molar-refractivity contribution is -0.0370. The third-order valence-corrected chi connectivity index (χ3v) is 5.57. The van der Waals surface area contributed by atoms with Gasteiger partial charge in [-0.05, 0) is 30.3 Å². The molecule has 0 aliphatic carbocycles. The van der Waals surface area contributed by atoms with E-state index in [4.69, 9.17) is 9.15 Å². The first-order valence-electron chi connectivity index (χ1n) is 9.41. The number of hydrogen-bond donors (Lipinski definition) is 0. The zero-order valence-corrected chi connectivity index (χ0v) is 15.5. The van der Waals surface area contributed by atoms with E-state index in [9.17, 15) is 9.59 Å². The number of furan rings is 1. The van der Waals surface area contributed by atoms with Gasteiger partial charge in [0.05, 0.1) is 41.7 Å². The molecule has 3 aromatic rings. The maximum absolute atomic E-state index is 15.0. The van der Waals surface area contributed by atoms with Crippen molar-refractivity contribution in [3.8, 4) is 0 Å². The summed E-state index contributed by atoms with van der Waals surface area (Å²) in [6, 6.07) is 7.65. The predicted molar refractivity (Wildman–Crippen MR) is 101 cm³/mol. The Bertz CT molecular complexity index is 1080. The highest BCUT2D eigenvalue weighted by Crippen LogP contribution is 2.28. The van der Waals surface area contributed by atoms with Gasteiger partial charge in [-0.15, -0.1) is 0 Å². The number of pyridine rings is 1. The standard InChI is InChI=1S/C21H18FN3O4/c22-19-14-2-1-6-23-16(14)4-3-15(19)21(27)25-7-9-29-18-11-24(10-17(18)25)20(26)13-5-8-28-12-13/h1-6,8,12,17-18H,7,9-11H2/t17-,18+/m0/s1. The number of amides is 2. The number of likely N-dealkylation sites (tertiary alicyclic amines) is 1. The van der Waals surface area contributed by atoms with Gasteiger partial charge in [-0.25, -0.2) is 4.39 Å². The molecule has 2 atom stereocenters. The topological polar surface area (TPSA) is 75.9 Å². The molecule has 2 aromatic heterocycles. The van der Waals surface area contributed by atoms with Gasteiger partial charge in [0.25, 0.3) is 11.8 Å². The van der Waals surface area contributed by atoms with Crippen LogP contribution >= 0.6 is 0 Å². The molecule has 1 aromatic carbocycles. The number of hydrogen-bond acceptors (Lipinski definition) is 5. The molecule has 0 bridgehead atoms. The first-order valence-corrected chi connectivity index (χ1v) is 9.41. The van der Waals surface area contributed by atoms with E-state index in [1.165, 1.54) is 18.6 Å². The molecule has 0 saturated carbocycles. The largest absolute Gasteiger partial charge is 0.472 e.